The van der Waals surface area contributed by atoms with Crippen molar-refractivity contribution in [3.05, 3.63) is 60.2 Å². The first-order chi connectivity index (χ1) is 18.0. The van der Waals surface area contributed by atoms with Gasteiger partial charge in [0.15, 0.2) is 17.5 Å². The van der Waals surface area contributed by atoms with Crippen LogP contribution in [0, 0.1) is 11.6 Å². The number of fused-ring (bicyclic) bond motifs is 1. The zero-order chi connectivity index (χ0) is 25.4. The lowest BCUT2D eigenvalue weighted by atomic mass is 9.79. The van der Waals surface area contributed by atoms with Crippen LogP contribution in [0.3, 0.4) is 0 Å². The molecule has 4 aromatic heterocycles. The molecule has 1 saturated heterocycles. The molecule has 0 unspecified atom stereocenters. The van der Waals surface area contributed by atoms with Gasteiger partial charge < -0.3 is 21.1 Å². The fourth-order valence-electron chi connectivity index (χ4n) is 4.82. The molecule has 0 spiro atoms. The van der Waals surface area contributed by atoms with Gasteiger partial charge in [0.2, 0.25) is 0 Å². The molecule has 4 aromatic rings. The van der Waals surface area contributed by atoms with Crippen molar-refractivity contribution in [3.8, 4) is 11.4 Å². The number of nitrogens with one attached hydrogen (secondary N) is 3. The highest BCUT2D eigenvalue weighted by Crippen LogP contribution is 2.41. The van der Waals surface area contributed by atoms with E-state index in [2.05, 4.69) is 30.9 Å². The summed E-state index contributed by atoms with van der Waals surface area (Å²) in [6, 6.07) is 4.04. The molecule has 0 amide bonds. The van der Waals surface area contributed by atoms with E-state index in [4.69, 9.17) is 9.97 Å². The quantitative estimate of drug-likeness (QED) is 0.310. The molecule has 9 nitrogen and oxygen atoms in total. The summed E-state index contributed by atoms with van der Waals surface area (Å²) in [5.74, 6) is 0.0977. The Labute approximate surface area is 211 Å². The summed E-state index contributed by atoms with van der Waals surface area (Å²) in [5.41, 5.74) is 2.47. The smallest absolute Gasteiger partial charge is 0.168 e. The molecule has 0 bridgehead atoms. The van der Waals surface area contributed by atoms with E-state index in [1.165, 1.54) is 6.42 Å². The van der Waals surface area contributed by atoms with Gasteiger partial charge in [-0.1, -0.05) is 6.42 Å². The molecule has 1 aliphatic carbocycles. The van der Waals surface area contributed by atoms with Gasteiger partial charge in [0.25, 0.3) is 0 Å². The van der Waals surface area contributed by atoms with Crippen LogP contribution in [0.25, 0.3) is 22.3 Å². The van der Waals surface area contributed by atoms with E-state index in [0.29, 0.717) is 41.0 Å². The molecule has 11 heteroatoms. The Balaban J connectivity index is 1.41. The monoisotopic (exact) mass is 504 g/mol. The number of halogens is 2. The third-order valence-electron chi connectivity index (χ3n) is 7.03. The Morgan fingerprint density at radius 1 is 1.00 bits per heavy atom. The normalized spacial score (nSPS) is 20.0. The predicted molar refractivity (Wildman–Crippen MR) is 135 cm³/mol. The van der Waals surface area contributed by atoms with Crippen LogP contribution in [0.5, 0.6) is 0 Å². The van der Waals surface area contributed by atoms with Gasteiger partial charge in [-0.2, -0.15) is 0 Å². The molecule has 37 heavy (non-hydrogen) atoms. The van der Waals surface area contributed by atoms with Crippen LogP contribution in [0.15, 0.2) is 43.0 Å². The highest BCUT2D eigenvalue weighted by atomic mass is 19.1. The fraction of sp³-hybridized carbons (Fsp3) is 0.346. The van der Waals surface area contributed by atoms with Crippen LogP contribution in [0.4, 0.5) is 26.2 Å². The van der Waals surface area contributed by atoms with Crippen LogP contribution in [-0.4, -0.2) is 55.3 Å². The van der Waals surface area contributed by atoms with Gasteiger partial charge in [-0.25, -0.2) is 28.7 Å². The van der Waals surface area contributed by atoms with E-state index in [-0.39, 0.29) is 11.9 Å². The van der Waals surface area contributed by atoms with E-state index >= 15 is 0 Å². The zero-order valence-corrected chi connectivity index (χ0v) is 20.0. The minimum absolute atomic E-state index is 0.137. The Bertz CT molecular complexity index is 1450. The van der Waals surface area contributed by atoms with Crippen molar-refractivity contribution >= 4 is 28.4 Å². The summed E-state index contributed by atoms with van der Waals surface area (Å²) in [6.07, 6.45) is 9.71. The average Bonchev–Trinajstić information content (AvgIpc) is 2.86. The molecule has 5 heterocycles. The van der Waals surface area contributed by atoms with E-state index in [1.54, 1.807) is 24.5 Å². The molecule has 0 aromatic carbocycles. The van der Waals surface area contributed by atoms with Crippen LogP contribution >= 0.6 is 0 Å². The van der Waals surface area contributed by atoms with Crippen LogP contribution < -0.4 is 16.0 Å². The van der Waals surface area contributed by atoms with Crippen molar-refractivity contribution in [1.29, 1.82) is 0 Å². The minimum Gasteiger partial charge on any atom is -0.390 e. The highest BCUT2D eigenvalue weighted by molar-refractivity contribution is 5.93. The number of hydrogen-bond acceptors (Lipinski definition) is 9. The summed E-state index contributed by atoms with van der Waals surface area (Å²) >= 11 is 0. The lowest BCUT2D eigenvalue weighted by molar-refractivity contribution is 0.128. The number of rotatable bonds is 6. The number of anilines is 3. The number of hydrogen-bond donors (Lipinski definition) is 4. The highest BCUT2D eigenvalue weighted by Gasteiger charge is 2.28. The maximum absolute atomic E-state index is 14.1. The van der Waals surface area contributed by atoms with Gasteiger partial charge in [0.1, 0.15) is 17.5 Å². The van der Waals surface area contributed by atoms with Gasteiger partial charge in [-0.05, 0) is 49.4 Å². The topological polar surface area (TPSA) is 121 Å². The Morgan fingerprint density at radius 2 is 1.89 bits per heavy atom. The average molecular weight is 505 g/mol. The molecule has 6 rings (SSSR count). The number of pyridine rings is 3. The third-order valence-corrected chi connectivity index (χ3v) is 7.03. The van der Waals surface area contributed by atoms with Gasteiger partial charge in [-0.15, -0.1) is 0 Å². The number of β-amino-alcohol motifs (C(OH)–C–C–N with tert-alkyl or cyclic N) is 1. The molecule has 4 N–H and O–H groups in total. The van der Waals surface area contributed by atoms with E-state index in [9.17, 15) is 13.9 Å². The maximum atomic E-state index is 14.1. The van der Waals surface area contributed by atoms with Crippen molar-refractivity contribution in [2.45, 2.75) is 43.7 Å². The molecule has 2 aliphatic rings. The van der Waals surface area contributed by atoms with Gasteiger partial charge in [0, 0.05) is 36.0 Å². The van der Waals surface area contributed by atoms with Crippen LogP contribution in [0.1, 0.15) is 37.2 Å². The zero-order valence-electron chi connectivity index (χ0n) is 20.0. The van der Waals surface area contributed by atoms with E-state index in [1.807, 2.05) is 6.20 Å². The van der Waals surface area contributed by atoms with Crippen molar-refractivity contribution in [3.63, 3.8) is 0 Å². The molecular formula is C26H26F2N8O. The molecule has 2 fully saturated rings. The summed E-state index contributed by atoms with van der Waals surface area (Å²) in [4.78, 5) is 22.2. The SMILES string of the molecule is O[C@@H]1CNCC[C@H]1Nc1nc(-c2ccnc(Nc3ncc(F)cc3F)c2)nc2cncc(C3CCC3)c12. The molecule has 2 atom stereocenters. The summed E-state index contributed by atoms with van der Waals surface area (Å²) < 4.78 is 27.4. The van der Waals surface area contributed by atoms with Crippen molar-refractivity contribution in [2.24, 2.45) is 0 Å². The summed E-state index contributed by atoms with van der Waals surface area (Å²) in [7, 11) is 0. The first-order valence-corrected chi connectivity index (χ1v) is 12.4. The van der Waals surface area contributed by atoms with Crippen molar-refractivity contribution in [1.82, 2.24) is 30.2 Å². The summed E-state index contributed by atoms with van der Waals surface area (Å²) in [5, 5.41) is 21.0. The minimum atomic E-state index is -0.823. The Hall–Kier alpha value is -3.83. The van der Waals surface area contributed by atoms with E-state index < -0.39 is 17.7 Å². The number of aromatic nitrogens is 5. The number of piperidine rings is 1. The second-order valence-corrected chi connectivity index (χ2v) is 9.50. The van der Waals surface area contributed by atoms with Crippen molar-refractivity contribution in [2.75, 3.05) is 23.7 Å². The predicted octanol–water partition coefficient (Wildman–Crippen LogP) is 3.91. The Kier molecular flexibility index (Phi) is 6.31. The lowest BCUT2D eigenvalue weighted by Crippen LogP contribution is -2.47. The van der Waals surface area contributed by atoms with Crippen LogP contribution in [0.2, 0.25) is 0 Å². The fourth-order valence-corrected chi connectivity index (χ4v) is 4.82. The van der Waals surface area contributed by atoms with Gasteiger partial charge in [0.05, 0.1) is 30.1 Å². The molecular weight excluding hydrogens is 478 g/mol. The third kappa shape index (κ3) is 4.79. The first kappa shape index (κ1) is 23.6. The molecule has 190 valence electrons. The molecule has 1 aliphatic heterocycles. The molecule has 0 radical (unpaired) electrons. The standard InChI is InChI=1S/C26H26F2N8O/c27-16-9-18(28)25(32-10-16)35-22-8-15(4-7-31-22)24-34-20-12-30-11-17(14-2-1-3-14)23(20)26(36-24)33-19-5-6-29-13-21(19)37/h4,7-12,14,19,21,29,37H,1-3,5-6,13H2,(H,31,32,35)(H,33,34,36)/t19-,21-/m1/s1. The van der Waals surface area contributed by atoms with Gasteiger partial charge in [-0.3, -0.25) is 4.98 Å². The maximum Gasteiger partial charge on any atom is 0.168 e. The Morgan fingerprint density at radius 3 is 2.68 bits per heavy atom. The number of nitrogens with zero attached hydrogens (tertiary/aromatic N) is 5. The van der Waals surface area contributed by atoms with Crippen LogP contribution in [-0.2, 0) is 0 Å². The second kappa shape index (κ2) is 9.91. The van der Waals surface area contributed by atoms with Gasteiger partial charge >= 0.3 is 0 Å². The first-order valence-electron chi connectivity index (χ1n) is 12.4. The summed E-state index contributed by atoms with van der Waals surface area (Å²) in [6.45, 7) is 1.31. The van der Waals surface area contributed by atoms with Crippen molar-refractivity contribution < 1.29 is 13.9 Å². The van der Waals surface area contributed by atoms with E-state index in [0.717, 1.165) is 49.0 Å². The second-order valence-electron chi connectivity index (χ2n) is 9.50. The number of aliphatic hydroxyl groups excluding tert-OH is 1. The number of aliphatic hydroxyl groups is 1. The lowest BCUT2D eigenvalue weighted by Gasteiger charge is -2.31. The largest absolute Gasteiger partial charge is 0.390 e. The molecule has 1 saturated carbocycles.